The number of rotatable bonds is 6. The standard InChI is InChI=1S/C23H30F3N5O4S/c1-21(2,3)35-20(32)31-10-7-14(8-11-31)17-15(12-28-19(30-17)36-5)22(4,33)13-34-16-6-9-27-18(29-16)23(24,25)26/h6,9,12,14,33H,7-8,10-11,13H2,1-5H3. The molecule has 1 N–H and O–H groups in total. The van der Waals surface area contributed by atoms with Crippen molar-refractivity contribution in [3.05, 3.63) is 35.5 Å². The topological polar surface area (TPSA) is 111 Å². The Morgan fingerprint density at radius 1 is 1.17 bits per heavy atom. The summed E-state index contributed by atoms with van der Waals surface area (Å²) in [6.07, 6.45) is 0.378. The van der Waals surface area contributed by atoms with Gasteiger partial charge in [0.05, 0.1) is 5.69 Å². The summed E-state index contributed by atoms with van der Waals surface area (Å²) in [6.45, 7) is 7.44. The molecule has 1 atom stereocenters. The van der Waals surface area contributed by atoms with Gasteiger partial charge in [-0.25, -0.2) is 19.7 Å². The average Bonchev–Trinajstić information content (AvgIpc) is 2.81. The zero-order valence-electron chi connectivity index (χ0n) is 20.8. The van der Waals surface area contributed by atoms with Gasteiger partial charge in [-0.2, -0.15) is 18.2 Å². The van der Waals surface area contributed by atoms with Gasteiger partial charge in [0, 0.05) is 43.0 Å². The molecule has 2 aromatic rings. The van der Waals surface area contributed by atoms with E-state index in [4.69, 9.17) is 9.47 Å². The first-order valence-electron chi connectivity index (χ1n) is 11.3. The van der Waals surface area contributed by atoms with Crippen LogP contribution in [0, 0.1) is 0 Å². The summed E-state index contributed by atoms with van der Waals surface area (Å²) >= 11 is 1.35. The lowest BCUT2D eigenvalue weighted by Crippen LogP contribution is -2.42. The van der Waals surface area contributed by atoms with Crippen LogP contribution in [0.15, 0.2) is 23.6 Å². The van der Waals surface area contributed by atoms with Gasteiger partial charge in [-0.05, 0) is 46.8 Å². The van der Waals surface area contributed by atoms with Crippen LogP contribution in [-0.2, 0) is 16.5 Å². The van der Waals surface area contributed by atoms with Gasteiger partial charge in [0.25, 0.3) is 0 Å². The van der Waals surface area contributed by atoms with Crippen LogP contribution in [0.25, 0.3) is 0 Å². The van der Waals surface area contributed by atoms with Crippen molar-refractivity contribution in [3.63, 3.8) is 0 Å². The molecule has 0 radical (unpaired) electrons. The Morgan fingerprint density at radius 3 is 2.42 bits per heavy atom. The van der Waals surface area contributed by atoms with Crippen molar-refractivity contribution in [2.75, 3.05) is 26.0 Å². The van der Waals surface area contributed by atoms with E-state index in [1.807, 2.05) is 27.0 Å². The number of nitrogens with zero attached hydrogens (tertiary/aromatic N) is 5. The quantitative estimate of drug-likeness (QED) is 0.430. The number of hydrogen-bond acceptors (Lipinski definition) is 9. The summed E-state index contributed by atoms with van der Waals surface area (Å²) in [5.74, 6) is -1.72. The van der Waals surface area contributed by atoms with Crippen molar-refractivity contribution in [1.29, 1.82) is 0 Å². The number of piperidine rings is 1. The molecule has 0 bridgehead atoms. The zero-order valence-corrected chi connectivity index (χ0v) is 21.6. The summed E-state index contributed by atoms with van der Waals surface area (Å²) in [7, 11) is 0. The van der Waals surface area contributed by atoms with Crippen molar-refractivity contribution in [2.24, 2.45) is 0 Å². The molecule has 198 valence electrons. The second kappa shape index (κ2) is 10.8. The fraction of sp³-hybridized carbons (Fsp3) is 0.609. The molecule has 0 spiro atoms. The normalized spacial score (nSPS) is 17.0. The van der Waals surface area contributed by atoms with Crippen LogP contribution in [-0.4, -0.2) is 67.6 Å². The van der Waals surface area contributed by atoms with Crippen molar-refractivity contribution in [3.8, 4) is 5.88 Å². The molecular weight excluding hydrogens is 499 g/mol. The Bertz CT molecular complexity index is 1070. The first-order chi connectivity index (χ1) is 16.7. The summed E-state index contributed by atoms with van der Waals surface area (Å²) in [4.78, 5) is 29.6. The molecule has 2 aromatic heterocycles. The zero-order chi connectivity index (χ0) is 26.7. The molecule has 1 saturated heterocycles. The number of carbonyl (C=O) groups is 1. The highest BCUT2D eigenvalue weighted by Crippen LogP contribution is 2.35. The first kappa shape index (κ1) is 27.9. The van der Waals surface area contributed by atoms with E-state index in [9.17, 15) is 23.1 Å². The minimum absolute atomic E-state index is 0.0741. The molecule has 1 fully saturated rings. The van der Waals surface area contributed by atoms with E-state index in [0.29, 0.717) is 42.3 Å². The Morgan fingerprint density at radius 2 is 1.83 bits per heavy atom. The van der Waals surface area contributed by atoms with Crippen molar-refractivity contribution in [2.45, 2.75) is 69.0 Å². The molecule has 13 heteroatoms. The molecule has 1 aliphatic rings. The SMILES string of the molecule is CSc1ncc(C(C)(O)COc2ccnc(C(F)(F)F)n2)c(C2CCN(C(=O)OC(C)(C)C)CC2)n1. The van der Waals surface area contributed by atoms with Crippen LogP contribution in [0.2, 0.25) is 0 Å². The van der Waals surface area contributed by atoms with Gasteiger partial charge in [-0.15, -0.1) is 0 Å². The number of thioether (sulfide) groups is 1. The minimum Gasteiger partial charge on any atom is -0.474 e. The van der Waals surface area contributed by atoms with Crippen LogP contribution in [0.1, 0.15) is 63.5 Å². The van der Waals surface area contributed by atoms with E-state index in [1.165, 1.54) is 30.9 Å². The number of aromatic nitrogens is 4. The highest BCUT2D eigenvalue weighted by Gasteiger charge is 2.37. The summed E-state index contributed by atoms with van der Waals surface area (Å²) in [6, 6.07) is 1.19. The molecule has 0 aliphatic carbocycles. The number of alkyl halides is 3. The highest BCUT2D eigenvalue weighted by molar-refractivity contribution is 7.98. The van der Waals surface area contributed by atoms with Crippen molar-refractivity contribution in [1.82, 2.24) is 24.8 Å². The Hall–Kier alpha value is -2.67. The van der Waals surface area contributed by atoms with Crippen LogP contribution >= 0.6 is 11.8 Å². The van der Waals surface area contributed by atoms with Crippen molar-refractivity contribution < 1.29 is 32.5 Å². The summed E-state index contributed by atoms with van der Waals surface area (Å²) in [5, 5.41) is 11.8. The molecular formula is C23H30F3N5O4S. The van der Waals surface area contributed by atoms with E-state index in [1.54, 1.807) is 4.90 Å². The number of ether oxygens (including phenoxy) is 2. The Balaban J connectivity index is 1.77. The second-order valence-electron chi connectivity index (χ2n) is 9.68. The number of amides is 1. The van der Waals surface area contributed by atoms with E-state index < -0.39 is 23.2 Å². The van der Waals surface area contributed by atoms with Gasteiger partial charge < -0.3 is 19.5 Å². The molecule has 0 saturated carbocycles. The van der Waals surface area contributed by atoms with Crippen LogP contribution < -0.4 is 4.74 Å². The predicted octanol–water partition coefficient (Wildman–Crippen LogP) is 4.41. The Labute approximate surface area is 211 Å². The third kappa shape index (κ3) is 7.19. The maximum absolute atomic E-state index is 12.9. The maximum atomic E-state index is 12.9. The Kier molecular flexibility index (Phi) is 8.33. The van der Waals surface area contributed by atoms with Crippen LogP contribution in [0.3, 0.4) is 0 Å². The molecule has 1 aliphatic heterocycles. The molecule has 36 heavy (non-hydrogen) atoms. The number of hydrogen-bond donors (Lipinski definition) is 1. The van der Waals surface area contributed by atoms with Crippen LogP contribution in [0.5, 0.6) is 5.88 Å². The largest absolute Gasteiger partial charge is 0.474 e. The van der Waals surface area contributed by atoms with Gasteiger partial charge in [-0.1, -0.05) is 11.8 Å². The summed E-state index contributed by atoms with van der Waals surface area (Å²) in [5.41, 5.74) is -1.20. The number of aliphatic hydroxyl groups is 1. The molecule has 3 rings (SSSR count). The number of halogens is 3. The molecule has 9 nitrogen and oxygen atoms in total. The number of likely N-dealkylation sites (tertiary alicyclic amines) is 1. The second-order valence-corrected chi connectivity index (χ2v) is 10.4. The van der Waals surface area contributed by atoms with Gasteiger partial charge in [0.1, 0.15) is 17.8 Å². The predicted molar refractivity (Wildman–Crippen MR) is 126 cm³/mol. The molecule has 1 unspecified atom stereocenters. The lowest BCUT2D eigenvalue weighted by atomic mass is 9.86. The molecule has 0 aromatic carbocycles. The van der Waals surface area contributed by atoms with Gasteiger partial charge in [0.15, 0.2) is 5.16 Å². The third-order valence-corrected chi connectivity index (χ3v) is 6.04. The fourth-order valence-corrected chi connectivity index (χ4v) is 4.06. The maximum Gasteiger partial charge on any atom is 0.451 e. The number of carbonyl (C=O) groups excluding carboxylic acids is 1. The van der Waals surface area contributed by atoms with Gasteiger partial charge >= 0.3 is 12.3 Å². The molecule has 1 amide bonds. The monoisotopic (exact) mass is 529 g/mol. The lowest BCUT2D eigenvalue weighted by Gasteiger charge is -2.35. The van der Waals surface area contributed by atoms with Gasteiger partial charge in [0.2, 0.25) is 11.7 Å². The van der Waals surface area contributed by atoms with E-state index >= 15 is 0 Å². The van der Waals surface area contributed by atoms with Crippen LogP contribution in [0.4, 0.5) is 18.0 Å². The highest BCUT2D eigenvalue weighted by atomic mass is 32.2. The third-order valence-electron chi connectivity index (χ3n) is 5.48. The average molecular weight is 530 g/mol. The minimum atomic E-state index is -4.72. The smallest absolute Gasteiger partial charge is 0.451 e. The van der Waals surface area contributed by atoms with Crippen molar-refractivity contribution >= 4 is 17.9 Å². The first-order valence-corrected chi connectivity index (χ1v) is 12.6. The molecule has 3 heterocycles. The van der Waals surface area contributed by atoms with E-state index in [2.05, 4.69) is 19.9 Å². The lowest BCUT2D eigenvalue weighted by molar-refractivity contribution is -0.145. The van der Waals surface area contributed by atoms with E-state index in [-0.39, 0.29) is 24.5 Å². The fourth-order valence-electron chi connectivity index (χ4n) is 3.72. The van der Waals surface area contributed by atoms with Gasteiger partial charge in [-0.3, -0.25) is 0 Å². The van der Waals surface area contributed by atoms with E-state index in [0.717, 1.165) is 6.20 Å². The summed E-state index contributed by atoms with van der Waals surface area (Å²) < 4.78 is 49.6.